The van der Waals surface area contributed by atoms with Gasteiger partial charge in [0.2, 0.25) is 5.91 Å². The van der Waals surface area contributed by atoms with Crippen LogP contribution in [-0.2, 0) is 11.3 Å². The highest BCUT2D eigenvalue weighted by Crippen LogP contribution is 2.35. The molecular formula is C31H35N3O2. The molecule has 186 valence electrons. The summed E-state index contributed by atoms with van der Waals surface area (Å²) in [5.41, 5.74) is 7.95. The third-order valence-electron chi connectivity index (χ3n) is 7.06. The van der Waals surface area contributed by atoms with E-state index in [1.165, 1.54) is 16.7 Å². The summed E-state index contributed by atoms with van der Waals surface area (Å²) in [6.07, 6.45) is 2.43. The summed E-state index contributed by atoms with van der Waals surface area (Å²) in [7, 11) is 0. The Kier molecular flexibility index (Phi) is 6.82. The Morgan fingerprint density at radius 1 is 0.917 bits per heavy atom. The number of anilines is 1. The van der Waals surface area contributed by atoms with Crippen LogP contribution in [0.2, 0.25) is 0 Å². The van der Waals surface area contributed by atoms with Crippen molar-refractivity contribution in [3.63, 3.8) is 0 Å². The maximum absolute atomic E-state index is 13.1. The Balaban J connectivity index is 1.30. The molecule has 1 aliphatic heterocycles. The Labute approximate surface area is 213 Å². The van der Waals surface area contributed by atoms with Gasteiger partial charge in [0.25, 0.3) is 0 Å². The van der Waals surface area contributed by atoms with E-state index in [9.17, 15) is 4.79 Å². The third kappa shape index (κ3) is 5.01. The van der Waals surface area contributed by atoms with E-state index >= 15 is 0 Å². The minimum atomic E-state index is 0.0807. The Morgan fingerprint density at radius 3 is 2.47 bits per heavy atom. The van der Waals surface area contributed by atoms with Gasteiger partial charge in [0.1, 0.15) is 11.6 Å². The minimum Gasteiger partial charge on any atom is -0.494 e. The summed E-state index contributed by atoms with van der Waals surface area (Å²) in [5.74, 6) is 2.22. The van der Waals surface area contributed by atoms with E-state index in [1.807, 2.05) is 11.0 Å². The molecule has 0 N–H and O–H groups in total. The highest BCUT2D eigenvalue weighted by Gasteiger charge is 2.35. The van der Waals surface area contributed by atoms with Crippen molar-refractivity contribution in [1.29, 1.82) is 0 Å². The average molecular weight is 482 g/mol. The van der Waals surface area contributed by atoms with Crippen molar-refractivity contribution in [2.45, 2.75) is 59.4 Å². The molecule has 0 radical (unpaired) electrons. The van der Waals surface area contributed by atoms with E-state index in [4.69, 9.17) is 9.72 Å². The van der Waals surface area contributed by atoms with Crippen molar-refractivity contribution < 1.29 is 9.53 Å². The van der Waals surface area contributed by atoms with E-state index < -0.39 is 0 Å². The smallest absolute Gasteiger partial charge is 0.227 e. The fraction of sp³-hybridized carbons (Fsp3) is 0.355. The first-order valence-corrected chi connectivity index (χ1v) is 12.9. The number of rotatable bonds is 8. The van der Waals surface area contributed by atoms with Crippen LogP contribution in [0.5, 0.6) is 5.75 Å². The lowest BCUT2D eigenvalue weighted by Crippen LogP contribution is -2.25. The number of para-hydroxylation sites is 2. The van der Waals surface area contributed by atoms with Crippen LogP contribution in [0.15, 0.2) is 60.7 Å². The molecule has 1 aliphatic rings. The van der Waals surface area contributed by atoms with Crippen molar-refractivity contribution in [3.05, 3.63) is 88.7 Å². The molecule has 1 aromatic heterocycles. The molecule has 36 heavy (non-hydrogen) atoms. The van der Waals surface area contributed by atoms with Gasteiger partial charge in [0.15, 0.2) is 0 Å². The quantitative estimate of drug-likeness (QED) is 0.265. The number of hydrogen-bond donors (Lipinski definition) is 0. The van der Waals surface area contributed by atoms with Gasteiger partial charge in [0.05, 0.1) is 17.6 Å². The number of ether oxygens (including phenoxy) is 1. The fourth-order valence-electron chi connectivity index (χ4n) is 5.44. The Morgan fingerprint density at radius 2 is 1.69 bits per heavy atom. The number of aromatic nitrogens is 2. The number of fused-ring (bicyclic) bond motifs is 1. The highest BCUT2D eigenvalue weighted by molar-refractivity contribution is 5.97. The average Bonchev–Trinajstić information content (AvgIpc) is 3.39. The fourth-order valence-corrected chi connectivity index (χ4v) is 5.44. The highest BCUT2D eigenvalue weighted by atomic mass is 16.5. The van der Waals surface area contributed by atoms with Crippen molar-refractivity contribution in [2.24, 2.45) is 0 Å². The standard InChI is InChI=1S/C31H35N3O2/c1-21-11-12-28(24(4)16-21)34-20-25(19-30(34)35)31-32-27-9-5-6-10-29(27)33(31)13-7-8-14-36-26-17-22(2)15-23(3)18-26/h5-6,9-12,15-18,25H,7-8,13-14,19-20H2,1-4H3. The number of hydrogen-bond acceptors (Lipinski definition) is 3. The summed E-state index contributed by atoms with van der Waals surface area (Å²) in [4.78, 5) is 20.0. The maximum Gasteiger partial charge on any atom is 0.227 e. The third-order valence-corrected chi connectivity index (χ3v) is 7.06. The molecule has 3 aromatic carbocycles. The van der Waals surface area contributed by atoms with Gasteiger partial charge in [-0.15, -0.1) is 0 Å². The molecule has 0 aliphatic carbocycles. The minimum absolute atomic E-state index is 0.0807. The maximum atomic E-state index is 13.1. The topological polar surface area (TPSA) is 47.4 Å². The lowest BCUT2D eigenvalue weighted by Gasteiger charge is -2.20. The molecular weight excluding hydrogens is 446 g/mol. The molecule has 1 saturated heterocycles. The second kappa shape index (κ2) is 10.2. The van der Waals surface area contributed by atoms with E-state index in [2.05, 4.69) is 86.9 Å². The molecule has 0 saturated carbocycles. The molecule has 0 spiro atoms. The molecule has 5 rings (SSSR count). The van der Waals surface area contributed by atoms with Gasteiger partial charge >= 0.3 is 0 Å². The Hall–Kier alpha value is -3.60. The number of aryl methyl sites for hydroxylation is 5. The predicted octanol–water partition coefficient (Wildman–Crippen LogP) is 6.65. The molecule has 2 heterocycles. The molecule has 4 aromatic rings. The van der Waals surface area contributed by atoms with Gasteiger partial charge in [-0.05, 0) is 87.6 Å². The van der Waals surface area contributed by atoms with E-state index in [1.54, 1.807) is 0 Å². The SMILES string of the molecule is Cc1cc(C)cc(OCCCCn2c(C3CC(=O)N(c4ccc(C)cc4C)C3)nc3ccccc32)c1. The van der Waals surface area contributed by atoms with Crippen molar-refractivity contribution in [3.8, 4) is 5.75 Å². The van der Waals surface area contributed by atoms with Gasteiger partial charge in [-0.1, -0.05) is 35.9 Å². The first-order chi connectivity index (χ1) is 17.4. The van der Waals surface area contributed by atoms with Gasteiger partial charge in [-0.3, -0.25) is 4.79 Å². The van der Waals surface area contributed by atoms with Crippen LogP contribution in [0.1, 0.15) is 53.3 Å². The van der Waals surface area contributed by atoms with E-state index in [-0.39, 0.29) is 11.8 Å². The predicted molar refractivity (Wildman–Crippen MR) is 146 cm³/mol. The zero-order valence-electron chi connectivity index (χ0n) is 21.8. The first-order valence-electron chi connectivity index (χ1n) is 12.9. The number of carbonyl (C=O) groups is 1. The van der Waals surface area contributed by atoms with E-state index in [0.717, 1.165) is 53.2 Å². The van der Waals surface area contributed by atoms with Gasteiger partial charge in [-0.2, -0.15) is 0 Å². The number of carbonyl (C=O) groups excluding carboxylic acids is 1. The molecule has 1 fully saturated rings. The summed E-state index contributed by atoms with van der Waals surface area (Å²) in [5, 5.41) is 0. The molecule has 5 nitrogen and oxygen atoms in total. The van der Waals surface area contributed by atoms with Gasteiger partial charge in [0, 0.05) is 31.1 Å². The molecule has 0 bridgehead atoms. The van der Waals surface area contributed by atoms with Crippen LogP contribution >= 0.6 is 0 Å². The molecule has 1 amide bonds. The van der Waals surface area contributed by atoms with Crippen molar-refractivity contribution >= 4 is 22.6 Å². The van der Waals surface area contributed by atoms with Gasteiger partial charge in [-0.25, -0.2) is 4.98 Å². The number of amides is 1. The first kappa shape index (κ1) is 24.1. The zero-order chi connectivity index (χ0) is 25.2. The lowest BCUT2D eigenvalue weighted by molar-refractivity contribution is -0.117. The summed E-state index contributed by atoms with van der Waals surface area (Å²) < 4.78 is 8.35. The number of benzene rings is 3. The summed E-state index contributed by atoms with van der Waals surface area (Å²) >= 11 is 0. The Bertz CT molecular complexity index is 1380. The zero-order valence-corrected chi connectivity index (χ0v) is 21.8. The van der Waals surface area contributed by atoms with Crippen molar-refractivity contribution in [2.75, 3.05) is 18.1 Å². The van der Waals surface area contributed by atoms with Crippen LogP contribution < -0.4 is 9.64 Å². The van der Waals surface area contributed by atoms with Crippen LogP contribution in [0, 0.1) is 27.7 Å². The monoisotopic (exact) mass is 481 g/mol. The van der Waals surface area contributed by atoms with Gasteiger partial charge < -0.3 is 14.2 Å². The second-order valence-corrected chi connectivity index (χ2v) is 10.2. The summed E-state index contributed by atoms with van der Waals surface area (Å²) in [6.45, 7) is 10.6. The number of imidazole rings is 1. The van der Waals surface area contributed by atoms with Crippen LogP contribution in [0.3, 0.4) is 0 Å². The number of nitrogens with zero attached hydrogens (tertiary/aromatic N) is 3. The molecule has 5 heteroatoms. The molecule has 1 atom stereocenters. The normalized spacial score (nSPS) is 15.7. The summed E-state index contributed by atoms with van der Waals surface area (Å²) in [6, 6.07) is 20.9. The van der Waals surface area contributed by atoms with Crippen LogP contribution in [0.25, 0.3) is 11.0 Å². The van der Waals surface area contributed by atoms with Crippen LogP contribution in [-0.4, -0.2) is 28.6 Å². The molecule has 1 unspecified atom stereocenters. The lowest BCUT2D eigenvalue weighted by atomic mass is 10.1. The van der Waals surface area contributed by atoms with Crippen LogP contribution in [0.4, 0.5) is 5.69 Å². The number of unbranched alkanes of at least 4 members (excludes halogenated alkanes) is 1. The second-order valence-electron chi connectivity index (χ2n) is 10.2. The largest absolute Gasteiger partial charge is 0.494 e. The van der Waals surface area contributed by atoms with E-state index in [0.29, 0.717) is 19.6 Å². The van der Waals surface area contributed by atoms with Crippen molar-refractivity contribution in [1.82, 2.24) is 9.55 Å².